The summed E-state index contributed by atoms with van der Waals surface area (Å²) in [5.41, 5.74) is 0. The molecule has 1 unspecified atom stereocenters. The van der Waals surface area contributed by atoms with Crippen LogP contribution in [0.3, 0.4) is 0 Å². The number of hydrogen-bond donors (Lipinski definition) is 0. The summed E-state index contributed by atoms with van der Waals surface area (Å²) in [5, 5.41) is 0.257. The predicted molar refractivity (Wildman–Crippen MR) is 62.0 cm³/mol. The van der Waals surface area contributed by atoms with Crippen molar-refractivity contribution < 1.29 is 8.42 Å². The van der Waals surface area contributed by atoms with Crippen LogP contribution in [0.5, 0.6) is 0 Å². The SMILES string of the molecule is C=CP(C=C)SC1CCS(=O)(=O)C1. The minimum Gasteiger partial charge on any atom is -0.229 e. The van der Waals surface area contributed by atoms with Crippen LogP contribution in [-0.2, 0) is 9.84 Å². The van der Waals surface area contributed by atoms with Gasteiger partial charge in [-0.3, -0.25) is 0 Å². The first-order valence-electron chi connectivity index (χ1n) is 3.98. The van der Waals surface area contributed by atoms with Crippen LogP contribution >= 0.6 is 18.5 Å². The van der Waals surface area contributed by atoms with Crippen molar-refractivity contribution in [2.75, 3.05) is 11.5 Å². The fourth-order valence-corrected chi connectivity index (χ4v) is 7.04. The predicted octanol–water partition coefficient (Wildman–Crippen LogP) is 2.59. The topological polar surface area (TPSA) is 34.1 Å². The van der Waals surface area contributed by atoms with Crippen molar-refractivity contribution in [3.63, 3.8) is 0 Å². The van der Waals surface area contributed by atoms with Crippen LogP contribution < -0.4 is 0 Å². The van der Waals surface area contributed by atoms with Crippen molar-refractivity contribution in [3.05, 3.63) is 24.8 Å². The van der Waals surface area contributed by atoms with Gasteiger partial charge in [-0.25, -0.2) is 8.42 Å². The van der Waals surface area contributed by atoms with Crippen LogP contribution in [0.15, 0.2) is 24.8 Å². The summed E-state index contributed by atoms with van der Waals surface area (Å²) in [4.78, 5) is 0. The van der Waals surface area contributed by atoms with Gasteiger partial charge in [0.2, 0.25) is 0 Å². The largest absolute Gasteiger partial charge is 0.229 e. The summed E-state index contributed by atoms with van der Waals surface area (Å²) in [6.07, 6.45) is 0.785. The second-order valence-corrected chi connectivity index (χ2v) is 9.31. The Hall–Kier alpha value is 0.210. The van der Waals surface area contributed by atoms with E-state index in [1.54, 1.807) is 11.4 Å². The van der Waals surface area contributed by atoms with E-state index in [9.17, 15) is 8.42 Å². The molecule has 1 rings (SSSR count). The van der Waals surface area contributed by atoms with E-state index in [2.05, 4.69) is 13.2 Å². The summed E-state index contributed by atoms with van der Waals surface area (Å²) in [6, 6.07) is 0. The molecule has 1 atom stereocenters. The van der Waals surface area contributed by atoms with Crippen LogP contribution in [0, 0.1) is 0 Å². The minimum absolute atomic E-state index is 0.257. The lowest BCUT2D eigenvalue weighted by Gasteiger charge is -2.11. The van der Waals surface area contributed by atoms with Crippen LogP contribution in [0.1, 0.15) is 6.42 Å². The Labute approximate surface area is 84.9 Å². The van der Waals surface area contributed by atoms with Crippen LogP contribution in [0.25, 0.3) is 0 Å². The highest BCUT2D eigenvalue weighted by molar-refractivity contribution is 8.58. The van der Waals surface area contributed by atoms with Gasteiger partial charge in [0.15, 0.2) is 9.84 Å². The summed E-state index contributed by atoms with van der Waals surface area (Å²) in [6.45, 7) is 7.40. The van der Waals surface area contributed by atoms with Crippen LogP contribution in [0.4, 0.5) is 0 Å². The van der Waals surface area contributed by atoms with E-state index in [1.807, 2.05) is 11.6 Å². The third-order valence-electron chi connectivity index (χ3n) is 1.82. The molecule has 0 radical (unpaired) electrons. The molecule has 0 aromatic carbocycles. The average Bonchev–Trinajstić information content (AvgIpc) is 2.41. The van der Waals surface area contributed by atoms with Gasteiger partial charge in [-0.1, -0.05) is 24.8 Å². The van der Waals surface area contributed by atoms with E-state index in [1.165, 1.54) is 0 Å². The Kier molecular flexibility index (Phi) is 4.02. The Morgan fingerprint density at radius 1 is 1.38 bits per heavy atom. The molecule has 0 saturated carbocycles. The van der Waals surface area contributed by atoms with Gasteiger partial charge in [0.1, 0.15) is 0 Å². The maximum Gasteiger partial charge on any atom is 0.151 e. The Balaban J connectivity index is 2.48. The van der Waals surface area contributed by atoms with E-state index in [4.69, 9.17) is 0 Å². The first-order valence-corrected chi connectivity index (χ1v) is 8.76. The molecule has 0 aliphatic carbocycles. The van der Waals surface area contributed by atoms with Gasteiger partial charge in [-0.2, -0.15) is 0 Å². The maximum absolute atomic E-state index is 11.1. The lowest BCUT2D eigenvalue weighted by Crippen LogP contribution is -2.05. The summed E-state index contributed by atoms with van der Waals surface area (Å²) >= 11 is 1.70. The monoisotopic (exact) mass is 236 g/mol. The molecule has 0 bridgehead atoms. The molecule has 74 valence electrons. The van der Waals surface area contributed by atoms with Crippen LogP contribution in [-0.4, -0.2) is 25.2 Å². The maximum atomic E-state index is 11.1. The number of hydrogen-bond acceptors (Lipinski definition) is 3. The molecule has 2 nitrogen and oxygen atoms in total. The van der Waals surface area contributed by atoms with E-state index in [-0.39, 0.29) is 5.25 Å². The fourth-order valence-electron chi connectivity index (χ4n) is 1.18. The number of sulfone groups is 1. The molecule has 5 heteroatoms. The summed E-state index contributed by atoms with van der Waals surface area (Å²) in [7, 11) is -3.17. The van der Waals surface area contributed by atoms with Crippen molar-refractivity contribution in [2.45, 2.75) is 11.7 Å². The molecule has 0 aromatic heterocycles. The molecule has 1 aliphatic heterocycles. The van der Waals surface area contributed by atoms with Gasteiger partial charge >= 0.3 is 0 Å². The van der Waals surface area contributed by atoms with Crippen molar-refractivity contribution in [2.24, 2.45) is 0 Å². The van der Waals surface area contributed by atoms with E-state index in [0.717, 1.165) is 6.42 Å². The van der Waals surface area contributed by atoms with E-state index in [0.29, 0.717) is 11.5 Å². The second kappa shape index (κ2) is 4.63. The Morgan fingerprint density at radius 2 is 2.00 bits per heavy atom. The fraction of sp³-hybridized carbons (Fsp3) is 0.500. The lowest BCUT2D eigenvalue weighted by atomic mass is 10.4. The molecular formula is C8H13O2PS2. The zero-order chi connectivity index (χ0) is 9.90. The Bertz CT molecular complexity index is 289. The van der Waals surface area contributed by atoms with Crippen molar-refractivity contribution >= 4 is 28.3 Å². The normalized spacial score (nSPS) is 26.1. The second-order valence-electron chi connectivity index (χ2n) is 2.86. The van der Waals surface area contributed by atoms with E-state index >= 15 is 0 Å². The van der Waals surface area contributed by atoms with Gasteiger partial charge in [0.05, 0.1) is 11.5 Å². The van der Waals surface area contributed by atoms with Crippen molar-refractivity contribution in [1.82, 2.24) is 0 Å². The van der Waals surface area contributed by atoms with E-state index < -0.39 is 17.0 Å². The molecule has 0 amide bonds. The molecular weight excluding hydrogens is 223 g/mol. The van der Waals surface area contributed by atoms with Gasteiger partial charge in [-0.05, 0) is 13.5 Å². The van der Waals surface area contributed by atoms with Crippen LogP contribution in [0.2, 0.25) is 0 Å². The number of rotatable bonds is 4. The molecule has 0 N–H and O–H groups in total. The van der Waals surface area contributed by atoms with Crippen molar-refractivity contribution in [1.29, 1.82) is 0 Å². The van der Waals surface area contributed by atoms with Gasteiger partial charge in [-0.15, -0.1) is 11.4 Å². The third kappa shape index (κ3) is 3.45. The van der Waals surface area contributed by atoms with Crippen molar-refractivity contribution in [3.8, 4) is 0 Å². The van der Waals surface area contributed by atoms with Gasteiger partial charge in [0.25, 0.3) is 0 Å². The van der Waals surface area contributed by atoms with Gasteiger partial charge < -0.3 is 0 Å². The zero-order valence-electron chi connectivity index (χ0n) is 7.35. The first-order chi connectivity index (χ1) is 6.07. The molecule has 1 fully saturated rings. The highest BCUT2D eigenvalue weighted by Crippen LogP contribution is 2.55. The molecule has 1 saturated heterocycles. The zero-order valence-corrected chi connectivity index (χ0v) is 9.88. The molecule has 1 heterocycles. The summed E-state index contributed by atoms with van der Waals surface area (Å²) in [5.74, 6) is 4.40. The molecule has 13 heavy (non-hydrogen) atoms. The third-order valence-corrected chi connectivity index (χ3v) is 7.98. The standard InChI is InChI=1S/C8H13O2PS2/c1-3-11(4-2)12-8-5-6-13(9,10)7-8/h3-4,8H,1-2,5-7H2. The Morgan fingerprint density at radius 3 is 2.38 bits per heavy atom. The minimum atomic E-state index is -2.74. The smallest absolute Gasteiger partial charge is 0.151 e. The molecule has 0 aromatic rings. The molecule has 1 aliphatic rings. The quantitative estimate of drug-likeness (QED) is 0.704. The highest BCUT2D eigenvalue weighted by atomic mass is 32.7. The summed E-state index contributed by atoms with van der Waals surface area (Å²) < 4.78 is 22.3. The van der Waals surface area contributed by atoms with Gasteiger partial charge in [0, 0.05) is 5.25 Å². The first kappa shape index (κ1) is 11.3. The molecule has 0 spiro atoms. The average molecular weight is 236 g/mol. The highest BCUT2D eigenvalue weighted by Gasteiger charge is 2.29. The lowest BCUT2D eigenvalue weighted by molar-refractivity contribution is 0.602.